The first-order chi connectivity index (χ1) is 6.98. The molecule has 4 rings (SSSR count). The summed E-state index contributed by atoms with van der Waals surface area (Å²) in [5, 5.41) is -1.27. The molecule has 3 aliphatic rings. The number of benzene rings is 1. The summed E-state index contributed by atoms with van der Waals surface area (Å²) in [4.78, 5) is 0. The average Bonchev–Trinajstić information content (AvgIpc) is 1.98. The Morgan fingerprint density at radius 2 is 1.44 bits per heavy atom. The third-order valence-electron chi connectivity index (χ3n) is 4.15. The van der Waals surface area contributed by atoms with Crippen LogP contribution in [0.1, 0.15) is 24.8 Å². The molecule has 0 aliphatic heterocycles. The van der Waals surface area contributed by atoms with Crippen molar-refractivity contribution in [2.24, 2.45) is 0 Å². The van der Waals surface area contributed by atoms with E-state index in [1.165, 1.54) is 0 Å². The van der Waals surface area contributed by atoms with E-state index in [1.807, 2.05) is 30.3 Å². The molecular weight excluding hydrogens is 239 g/mol. The summed E-state index contributed by atoms with van der Waals surface area (Å²) in [6.07, 6.45) is 0.981. The van der Waals surface area contributed by atoms with E-state index in [2.05, 4.69) is 0 Å². The summed E-state index contributed by atoms with van der Waals surface area (Å²) >= 11 is 0. The second-order valence-corrected chi connectivity index (χ2v) is 5.11. The molecule has 16 heavy (non-hydrogen) atoms. The van der Waals surface area contributed by atoms with E-state index >= 15 is 0 Å². The van der Waals surface area contributed by atoms with Gasteiger partial charge in [0.15, 0.2) is 0 Å². The maximum atomic E-state index is 12.7. The van der Waals surface area contributed by atoms with Gasteiger partial charge in [0.05, 0.1) is 0 Å². The van der Waals surface area contributed by atoms with Gasteiger partial charge in [0.1, 0.15) is 0 Å². The minimum Gasteiger partial charge on any atom is -0.449 e. The van der Waals surface area contributed by atoms with Crippen LogP contribution in [0.5, 0.6) is 0 Å². The van der Waals surface area contributed by atoms with Crippen molar-refractivity contribution in [3.8, 4) is 0 Å². The van der Waals surface area contributed by atoms with Crippen LogP contribution in [0, 0.1) is 0 Å². The molecule has 3 saturated carbocycles. The van der Waals surface area contributed by atoms with Crippen LogP contribution in [0.3, 0.4) is 0 Å². The average molecular weight is 250 g/mol. The fourth-order valence-electron chi connectivity index (χ4n) is 3.31. The first-order valence-corrected chi connectivity index (χ1v) is 5.23. The predicted molar refractivity (Wildman–Crippen MR) is 53.7 cm³/mol. The molecule has 3 fully saturated rings. The minimum atomic E-state index is -4.63. The van der Waals surface area contributed by atoms with Crippen molar-refractivity contribution in [2.75, 3.05) is 0 Å². The number of hydrogen-bond acceptors (Lipinski definition) is 0. The summed E-state index contributed by atoms with van der Waals surface area (Å²) in [7, 11) is 0. The van der Waals surface area contributed by atoms with E-state index in [9.17, 15) is 12.9 Å². The topological polar surface area (TPSA) is 0 Å². The van der Waals surface area contributed by atoms with Gasteiger partial charge in [-0.2, -0.15) is 0 Å². The van der Waals surface area contributed by atoms with E-state index < -0.39 is 12.3 Å². The molecule has 1 aromatic carbocycles. The van der Waals surface area contributed by atoms with E-state index in [4.69, 9.17) is 0 Å². The number of halogens is 3. The number of rotatable bonds is 2. The molecule has 0 heterocycles. The molecule has 0 N–H and O–H groups in total. The maximum absolute atomic E-state index is 12.7. The van der Waals surface area contributed by atoms with Gasteiger partial charge in [-0.1, -0.05) is 54.9 Å². The molecule has 5 heteroatoms. The molecule has 0 nitrogen and oxygen atoms in total. The van der Waals surface area contributed by atoms with Gasteiger partial charge >= 0.3 is 58.4 Å². The smallest absolute Gasteiger partial charge is 0.449 e. The SMILES string of the molecule is F[B-](F)(F)C12CC(c3ccccc3)(C1)C2.[K+]. The van der Waals surface area contributed by atoms with Crippen LogP contribution >= 0.6 is 0 Å². The van der Waals surface area contributed by atoms with Crippen LogP contribution in [0.25, 0.3) is 0 Å². The van der Waals surface area contributed by atoms with Crippen LogP contribution in [0.2, 0.25) is 5.31 Å². The zero-order chi connectivity index (χ0) is 10.7. The standard InChI is InChI=1S/C11H11BF3.K/c13-12(14,15)11-6-10(7-11,8-11)9-4-2-1-3-5-9;/h1-5H,6-8H2;/q-1;+1. The molecule has 80 valence electrons. The van der Waals surface area contributed by atoms with Gasteiger partial charge in [0.25, 0.3) is 0 Å². The summed E-state index contributed by atoms with van der Waals surface area (Å²) in [5.41, 5.74) is 0.963. The van der Waals surface area contributed by atoms with Crippen molar-refractivity contribution < 1.29 is 64.3 Å². The second-order valence-electron chi connectivity index (χ2n) is 5.11. The Kier molecular flexibility index (Phi) is 3.17. The maximum Gasteiger partial charge on any atom is 1.00 e. The minimum absolute atomic E-state index is 0. The third kappa shape index (κ3) is 1.59. The van der Waals surface area contributed by atoms with E-state index in [0.29, 0.717) is 19.3 Å². The van der Waals surface area contributed by atoms with Gasteiger partial charge in [-0.05, 0) is 11.0 Å². The van der Waals surface area contributed by atoms with Crippen molar-refractivity contribution >= 4 is 6.98 Å². The van der Waals surface area contributed by atoms with Crippen molar-refractivity contribution in [3.05, 3.63) is 35.9 Å². The van der Waals surface area contributed by atoms with Gasteiger partial charge in [-0.15, -0.1) is 0 Å². The Hall–Kier alpha value is 0.711. The fraction of sp³-hybridized carbons (Fsp3) is 0.455. The van der Waals surface area contributed by atoms with Crippen LogP contribution in [0.4, 0.5) is 12.9 Å². The first kappa shape index (κ1) is 13.2. The largest absolute Gasteiger partial charge is 1.00 e. The molecule has 0 radical (unpaired) electrons. The molecule has 0 aromatic heterocycles. The van der Waals surface area contributed by atoms with Crippen LogP contribution < -0.4 is 51.4 Å². The summed E-state index contributed by atoms with van der Waals surface area (Å²) < 4.78 is 38.0. The van der Waals surface area contributed by atoms with Gasteiger partial charge in [-0.3, -0.25) is 0 Å². The van der Waals surface area contributed by atoms with Crippen molar-refractivity contribution in [1.29, 1.82) is 0 Å². The van der Waals surface area contributed by atoms with Crippen molar-refractivity contribution in [1.82, 2.24) is 0 Å². The molecule has 3 aliphatic carbocycles. The molecule has 0 saturated heterocycles. The van der Waals surface area contributed by atoms with E-state index in [-0.39, 0.29) is 56.8 Å². The van der Waals surface area contributed by atoms with Crippen molar-refractivity contribution in [3.63, 3.8) is 0 Å². The van der Waals surface area contributed by atoms with Crippen LogP contribution in [0.15, 0.2) is 30.3 Å². The molecule has 1 aromatic rings. The number of hydrogen-bond donors (Lipinski definition) is 0. The van der Waals surface area contributed by atoms with E-state index in [0.717, 1.165) is 5.56 Å². The normalized spacial score (nSPS) is 35.7. The Bertz CT molecular complexity index is 382. The first-order valence-electron chi connectivity index (χ1n) is 5.23. The Balaban J connectivity index is 0.000000963. The van der Waals surface area contributed by atoms with Gasteiger partial charge < -0.3 is 12.9 Å². The van der Waals surface area contributed by atoms with Gasteiger partial charge in [-0.25, -0.2) is 0 Å². The Labute approximate surface area is 135 Å². The molecule has 0 amide bonds. The summed E-state index contributed by atoms with van der Waals surface area (Å²) in [6.45, 7) is -4.63. The predicted octanol–water partition coefficient (Wildman–Crippen LogP) is 0.714. The Morgan fingerprint density at radius 1 is 0.938 bits per heavy atom. The van der Waals surface area contributed by atoms with Crippen molar-refractivity contribution in [2.45, 2.75) is 30.0 Å². The molecular formula is C11H11BF3K. The summed E-state index contributed by atoms with van der Waals surface area (Å²) in [6, 6.07) is 9.61. The molecule has 2 bridgehead atoms. The summed E-state index contributed by atoms with van der Waals surface area (Å²) in [5.74, 6) is 0. The monoisotopic (exact) mass is 250 g/mol. The van der Waals surface area contributed by atoms with Gasteiger partial charge in [0.2, 0.25) is 0 Å². The van der Waals surface area contributed by atoms with Gasteiger partial charge in [0, 0.05) is 0 Å². The van der Waals surface area contributed by atoms with Crippen LogP contribution in [-0.4, -0.2) is 6.98 Å². The second kappa shape index (κ2) is 3.85. The zero-order valence-electron chi connectivity index (χ0n) is 9.22. The Morgan fingerprint density at radius 3 is 1.88 bits per heavy atom. The third-order valence-corrected chi connectivity index (χ3v) is 4.15. The molecule has 0 spiro atoms. The van der Waals surface area contributed by atoms with Crippen LogP contribution in [-0.2, 0) is 5.41 Å². The molecule has 0 unspecified atom stereocenters. The zero-order valence-corrected chi connectivity index (χ0v) is 12.3. The molecule has 0 atom stereocenters. The quantitative estimate of drug-likeness (QED) is 0.678. The fourth-order valence-corrected chi connectivity index (χ4v) is 3.31. The van der Waals surface area contributed by atoms with E-state index in [1.54, 1.807) is 0 Å².